The average Bonchev–Trinajstić information content (AvgIpc) is 3.85. The summed E-state index contributed by atoms with van der Waals surface area (Å²) in [6.45, 7) is 0. The Balaban J connectivity index is 0.964. The van der Waals surface area contributed by atoms with Crippen LogP contribution < -0.4 is 0 Å². The summed E-state index contributed by atoms with van der Waals surface area (Å²) in [5, 5.41) is 7.50. The molecule has 0 bridgehead atoms. The van der Waals surface area contributed by atoms with Crippen LogP contribution in [0.4, 0.5) is 0 Å². The van der Waals surface area contributed by atoms with Gasteiger partial charge < -0.3 is 4.57 Å². The zero-order valence-electron chi connectivity index (χ0n) is 32.7. The van der Waals surface area contributed by atoms with Gasteiger partial charge in [-0.15, -0.1) is 0 Å². The molecule has 3 aromatic heterocycles. The lowest BCUT2D eigenvalue weighted by atomic mass is 9.93. The second-order valence-corrected chi connectivity index (χ2v) is 16.7. The molecule has 5 nitrogen and oxygen atoms in total. The summed E-state index contributed by atoms with van der Waals surface area (Å²) in [6, 6.07) is 71.4. The summed E-state index contributed by atoms with van der Waals surface area (Å²) >= 11 is 1.88. The Morgan fingerprint density at radius 1 is 0.328 bits per heavy atom. The van der Waals surface area contributed by atoms with Crippen LogP contribution in [0.25, 0.3) is 111 Å². The third-order valence-corrected chi connectivity index (χ3v) is 13.3. The third-order valence-electron chi connectivity index (χ3n) is 12.2. The van der Waals surface area contributed by atoms with Gasteiger partial charge in [-0.25, -0.2) is 4.98 Å². The minimum absolute atomic E-state index is 0.588. The number of benzene rings is 9. The Kier molecular flexibility index (Phi) is 7.47. The lowest BCUT2D eigenvalue weighted by molar-refractivity contribution is 0.953. The van der Waals surface area contributed by atoms with E-state index in [1.54, 1.807) is 0 Å². The zero-order valence-corrected chi connectivity index (χ0v) is 33.5. The highest BCUT2D eigenvalue weighted by Gasteiger charge is 2.25. The Labute approximate surface area is 355 Å². The molecule has 0 unspecified atom stereocenters. The van der Waals surface area contributed by atoms with Crippen LogP contribution in [0.2, 0.25) is 0 Å². The summed E-state index contributed by atoms with van der Waals surface area (Å²) < 4.78 is 4.61. The maximum absolute atomic E-state index is 5.13. The van der Waals surface area contributed by atoms with E-state index in [1.165, 1.54) is 64.7 Å². The molecule has 6 heteroatoms. The fourth-order valence-corrected chi connectivity index (χ4v) is 10.7. The maximum Gasteiger partial charge on any atom is 0.238 e. The smallest absolute Gasteiger partial charge is 0.238 e. The minimum atomic E-state index is 0.588. The summed E-state index contributed by atoms with van der Waals surface area (Å²) in [7, 11) is 0. The van der Waals surface area contributed by atoms with Gasteiger partial charge in [0.25, 0.3) is 0 Å². The molecular weight excluding hydrogens is 763 g/mol. The first kappa shape index (κ1) is 34.1. The molecule has 284 valence electrons. The molecule has 0 amide bonds. The predicted octanol–water partition coefficient (Wildman–Crippen LogP) is 14.4. The minimum Gasteiger partial charge on any atom is -0.309 e. The summed E-state index contributed by atoms with van der Waals surface area (Å²) in [6.07, 6.45) is 0. The molecular formula is C55H33N5S. The van der Waals surface area contributed by atoms with E-state index in [0.717, 1.165) is 38.5 Å². The molecule has 1 aliphatic rings. The van der Waals surface area contributed by atoms with Gasteiger partial charge in [0.1, 0.15) is 0 Å². The molecule has 0 radical (unpaired) electrons. The highest BCUT2D eigenvalue weighted by atomic mass is 32.2. The van der Waals surface area contributed by atoms with Gasteiger partial charge in [0, 0.05) is 53.5 Å². The second-order valence-electron chi connectivity index (χ2n) is 15.6. The molecule has 0 atom stereocenters. The van der Waals surface area contributed by atoms with Crippen molar-refractivity contribution in [3.8, 4) is 56.7 Å². The van der Waals surface area contributed by atoms with Gasteiger partial charge in [0.05, 0.1) is 22.1 Å². The normalized spacial score (nSPS) is 12.2. The van der Waals surface area contributed by atoms with Crippen LogP contribution in [-0.4, -0.2) is 24.1 Å². The van der Waals surface area contributed by atoms with Crippen molar-refractivity contribution < 1.29 is 0 Å². The number of para-hydroxylation sites is 3. The second kappa shape index (κ2) is 13.4. The van der Waals surface area contributed by atoms with Crippen LogP contribution in [0.15, 0.2) is 210 Å². The summed E-state index contributed by atoms with van der Waals surface area (Å²) in [5.74, 6) is 1.86. The van der Waals surface area contributed by atoms with Gasteiger partial charge in [-0.3, -0.25) is 4.57 Å². The molecule has 12 aromatic rings. The average molecular weight is 796 g/mol. The Hall–Kier alpha value is -7.80. The van der Waals surface area contributed by atoms with Gasteiger partial charge in [0.15, 0.2) is 11.6 Å². The molecule has 61 heavy (non-hydrogen) atoms. The standard InChI is InChI=1S/C55H33N5S/c1-4-15-34(16-5-1)53-56-54(35-17-6-2-7-18-35)58-55(57-53)60-45-25-12-10-21-39(45)44-31-36(28-30-47(44)60)37-27-29-40-41-23-14-24-43-51-42-22-11-13-26-46(42)59(38-19-8-3-9-20-38)48(51)33-50(52(41)43)61-49(40)32-37/h1-33H. The summed E-state index contributed by atoms with van der Waals surface area (Å²) in [4.78, 5) is 17.8. The van der Waals surface area contributed by atoms with E-state index in [-0.39, 0.29) is 0 Å². The quantitative estimate of drug-likeness (QED) is 0.174. The van der Waals surface area contributed by atoms with Gasteiger partial charge in [-0.2, -0.15) is 9.97 Å². The van der Waals surface area contributed by atoms with Crippen LogP contribution in [0.1, 0.15) is 0 Å². The number of hydrogen-bond donors (Lipinski definition) is 0. The van der Waals surface area contributed by atoms with E-state index in [2.05, 4.69) is 149 Å². The highest BCUT2D eigenvalue weighted by Crippen LogP contribution is 2.52. The van der Waals surface area contributed by atoms with E-state index >= 15 is 0 Å². The lowest BCUT2D eigenvalue weighted by Gasteiger charge is -2.22. The molecule has 0 saturated carbocycles. The molecule has 1 aliphatic heterocycles. The molecule has 0 aliphatic carbocycles. The van der Waals surface area contributed by atoms with Crippen molar-refractivity contribution in [3.63, 3.8) is 0 Å². The van der Waals surface area contributed by atoms with Crippen molar-refractivity contribution in [1.82, 2.24) is 24.1 Å². The third kappa shape index (κ3) is 5.26. The van der Waals surface area contributed by atoms with E-state index in [1.807, 2.05) is 72.4 Å². The Morgan fingerprint density at radius 3 is 1.66 bits per heavy atom. The van der Waals surface area contributed by atoms with Crippen LogP contribution in [-0.2, 0) is 0 Å². The van der Waals surface area contributed by atoms with Crippen molar-refractivity contribution in [1.29, 1.82) is 0 Å². The predicted molar refractivity (Wildman–Crippen MR) is 252 cm³/mol. The van der Waals surface area contributed by atoms with Crippen molar-refractivity contribution in [2.45, 2.75) is 9.79 Å². The number of rotatable bonds is 5. The number of aromatic nitrogens is 5. The van der Waals surface area contributed by atoms with Gasteiger partial charge in [-0.05, 0) is 76.2 Å². The first-order valence-electron chi connectivity index (χ1n) is 20.5. The van der Waals surface area contributed by atoms with Crippen molar-refractivity contribution in [2.24, 2.45) is 0 Å². The van der Waals surface area contributed by atoms with E-state index in [4.69, 9.17) is 15.0 Å². The van der Waals surface area contributed by atoms with Crippen LogP contribution in [0.5, 0.6) is 0 Å². The molecule has 0 spiro atoms. The Morgan fingerprint density at radius 2 is 0.918 bits per heavy atom. The SMILES string of the molecule is c1ccc(-c2nc(-c3ccccc3)nc(-n3c4ccccc4c4cc(-c5ccc6c(c5)Sc5cc7c(c8cccc-6c58)c5ccccc5n7-c5ccccc5)ccc43)n2)cc1. The van der Waals surface area contributed by atoms with E-state index in [0.29, 0.717) is 17.6 Å². The maximum atomic E-state index is 5.13. The first-order valence-corrected chi connectivity index (χ1v) is 21.3. The van der Waals surface area contributed by atoms with E-state index in [9.17, 15) is 0 Å². The number of fused-ring (bicyclic) bond motifs is 9. The van der Waals surface area contributed by atoms with Gasteiger partial charge in [0.2, 0.25) is 5.95 Å². The van der Waals surface area contributed by atoms with Gasteiger partial charge >= 0.3 is 0 Å². The fourth-order valence-electron chi connectivity index (χ4n) is 9.45. The molecule has 0 saturated heterocycles. The number of hydrogen-bond acceptors (Lipinski definition) is 4. The summed E-state index contributed by atoms with van der Waals surface area (Å²) in [5.41, 5.74) is 12.5. The fraction of sp³-hybridized carbons (Fsp3) is 0. The largest absolute Gasteiger partial charge is 0.309 e. The lowest BCUT2D eigenvalue weighted by Crippen LogP contribution is -2.06. The van der Waals surface area contributed by atoms with Crippen LogP contribution in [0.3, 0.4) is 0 Å². The highest BCUT2D eigenvalue weighted by molar-refractivity contribution is 7.99. The number of nitrogens with zero attached hydrogens (tertiary/aromatic N) is 5. The molecule has 4 heterocycles. The topological polar surface area (TPSA) is 48.5 Å². The first-order chi connectivity index (χ1) is 30.2. The molecule has 13 rings (SSSR count). The van der Waals surface area contributed by atoms with Crippen molar-refractivity contribution in [3.05, 3.63) is 200 Å². The monoisotopic (exact) mass is 795 g/mol. The van der Waals surface area contributed by atoms with Crippen molar-refractivity contribution in [2.75, 3.05) is 0 Å². The molecule has 0 fully saturated rings. The zero-order chi connectivity index (χ0) is 40.0. The van der Waals surface area contributed by atoms with E-state index < -0.39 is 0 Å². The molecule has 0 N–H and O–H groups in total. The van der Waals surface area contributed by atoms with Crippen LogP contribution >= 0.6 is 11.8 Å². The van der Waals surface area contributed by atoms with Crippen LogP contribution in [0, 0.1) is 0 Å². The van der Waals surface area contributed by atoms with Gasteiger partial charge in [-0.1, -0.05) is 163 Å². The molecule has 9 aromatic carbocycles. The Bertz CT molecular complexity index is 3660. The van der Waals surface area contributed by atoms with Crippen molar-refractivity contribution >= 4 is 66.1 Å².